The minimum absolute atomic E-state index is 0.274. The summed E-state index contributed by atoms with van der Waals surface area (Å²) in [6, 6.07) is 12.6. The number of carbonyl (C=O) groups excluding carboxylic acids is 1. The van der Waals surface area contributed by atoms with Crippen LogP contribution in [0.2, 0.25) is 10.0 Å². The minimum atomic E-state index is -0.274. The fourth-order valence-corrected chi connectivity index (χ4v) is 2.61. The number of halogens is 2. The highest BCUT2D eigenvalue weighted by Gasteiger charge is 2.13. The number of amides is 2. The Morgan fingerprint density at radius 1 is 1.22 bits per heavy atom. The first-order chi connectivity index (χ1) is 11.1. The lowest BCUT2D eigenvalue weighted by molar-refractivity contribution is 0.217. The SMILES string of the molecule is CN(Cc1cccc(Cl)c1Cl)C(=O)Nn1cnc2ccccc21. The van der Waals surface area contributed by atoms with Crippen LogP contribution in [-0.4, -0.2) is 27.6 Å². The van der Waals surface area contributed by atoms with Crippen molar-refractivity contribution in [2.75, 3.05) is 12.5 Å². The third-order valence-electron chi connectivity index (χ3n) is 3.46. The molecule has 0 unspecified atom stereocenters. The van der Waals surface area contributed by atoms with Crippen molar-refractivity contribution in [1.82, 2.24) is 14.6 Å². The molecule has 0 aliphatic heterocycles. The number of carbonyl (C=O) groups is 1. The first-order valence-corrected chi connectivity index (χ1v) is 7.69. The Morgan fingerprint density at radius 2 is 2.00 bits per heavy atom. The van der Waals surface area contributed by atoms with Gasteiger partial charge < -0.3 is 4.90 Å². The van der Waals surface area contributed by atoms with Crippen molar-refractivity contribution in [1.29, 1.82) is 0 Å². The molecule has 0 spiro atoms. The predicted molar refractivity (Wildman–Crippen MR) is 92.4 cm³/mol. The number of fused-ring (bicyclic) bond motifs is 1. The van der Waals surface area contributed by atoms with E-state index in [1.807, 2.05) is 30.3 Å². The maximum absolute atomic E-state index is 12.3. The van der Waals surface area contributed by atoms with Crippen LogP contribution in [0.1, 0.15) is 5.56 Å². The molecule has 0 aliphatic rings. The van der Waals surface area contributed by atoms with Gasteiger partial charge in [0, 0.05) is 13.6 Å². The van der Waals surface area contributed by atoms with Crippen LogP contribution >= 0.6 is 23.2 Å². The number of nitrogens with zero attached hydrogens (tertiary/aromatic N) is 3. The first-order valence-electron chi connectivity index (χ1n) is 6.93. The lowest BCUT2D eigenvalue weighted by atomic mass is 10.2. The van der Waals surface area contributed by atoms with Crippen molar-refractivity contribution in [2.24, 2.45) is 0 Å². The van der Waals surface area contributed by atoms with E-state index >= 15 is 0 Å². The standard InChI is InChI=1S/C16H14Cl2N4O/c1-21(9-11-5-4-6-12(17)15(11)18)16(23)20-22-10-19-13-7-2-3-8-14(13)22/h2-8,10H,9H2,1H3,(H,20,23). The Bertz CT molecular complexity index is 862. The first kappa shape index (κ1) is 15.6. The zero-order valence-corrected chi connectivity index (χ0v) is 13.8. The molecule has 0 fully saturated rings. The molecule has 0 atom stereocenters. The van der Waals surface area contributed by atoms with E-state index in [4.69, 9.17) is 23.2 Å². The summed E-state index contributed by atoms with van der Waals surface area (Å²) in [6.45, 7) is 0.345. The normalized spacial score (nSPS) is 10.7. The number of rotatable bonds is 3. The Hall–Kier alpha value is -2.24. The van der Waals surface area contributed by atoms with Gasteiger partial charge in [0.25, 0.3) is 0 Å². The fourth-order valence-electron chi connectivity index (χ4n) is 2.23. The van der Waals surface area contributed by atoms with Gasteiger partial charge >= 0.3 is 6.03 Å². The molecule has 1 N–H and O–H groups in total. The van der Waals surface area contributed by atoms with Gasteiger partial charge in [-0.15, -0.1) is 0 Å². The summed E-state index contributed by atoms with van der Waals surface area (Å²) < 4.78 is 1.59. The van der Waals surface area contributed by atoms with Gasteiger partial charge in [-0.25, -0.2) is 19.9 Å². The lowest BCUT2D eigenvalue weighted by Gasteiger charge is -2.19. The van der Waals surface area contributed by atoms with Crippen LogP contribution in [0, 0.1) is 0 Å². The molecule has 0 bridgehead atoms. The van der Waals surface area contributed by atoms with E-state index in [1.165, 1.54) is 4.90 Å². The molecular weight excluding hydrogens is 335 g/mol. The van der Waals surface area contributed by atoms with Crippen LogP contribution in [0.5, 0.6) is 0 Å². The van der Waals surface area contributed by atoms with Crippen LogP contribution in [0.25, 0.3) is 11.0 Å². The molecule has 1 aromatic heterocycles. The Morgan fingerprint density at radius 3 is 2.83 bits per heavy atom. The van der Waals surface area contributed by atoms with Crippen molar-refractivity contribution in [3.05, 3.63) is 64.4 Å². The third kappa shape index (κ3) is 3.25. The number of para-hydroxylation sites is 2. The Labute approximate surface area is 143 Å². The molecule has 3 rings (SSSR count). The largest absolute Gasteiger partial charge is 0.336 e. The molecule has 0 aliphatic carbocycles. The van der Waals surface area contributed by atoms with Crippen molar-refractivity contribution in [2.45, 2.75) is 6.54 Å². The maximum atomic E-state index is 12.3. The third-order valence-corrected chi connectivity index (χ3v) is 4.31. The minimum Gasteiger partial charge on any atom is -0.322 e. The molecule has 3 aromatic rings. The van der Waals surface area contributed by atoms with E-state index in [2.05, 4.69) is 10.4 Å². The van der Waals surface area contributed by atoms with E-state index < -0.39 is 0 Å². The van der Waals surface area contributed by atoms with Gasteiger partial charge in [-0.05, 0) is 23.8 Å². The summed E-state index contributed by atoms with van der Waals surface area (Å²) in [7, 11) is 1.69. The molecule has 118 valence electrons. The van der Waals surface area contributed by atoms with Crippen molar-refractivity contribution in [3.8, 4) is 0 Å². The molecular formula is C16H14Cl2N4O. The quantitative estimate of drug-likeness (QED) is 0.773. The summed E-state index contributed by atoms with van der Waals surface area (Å²) >= 11 is 12.2. The monoisotopic (exact) mass is 348 g/mol. The zero-order chi connectivity index (χ0) is 16.4. The van der Waals surface area contributed by atoms with Crippen molar-refractivity contribution >= 4 is 40.3 Å². The van der Waals surface area contributed by atoms with Gasteiger partial charge in [0.2, 0.25) is 0 Å². The summed E-state index contributed by atoms with van der Waals surface area (Å²) in [5.41, 5.74) is 5.21. The average Bonchev–Trinajstić information content (AvgIpc) is 2.95. The number of hydrogen-bond donors (Lipinski definition) is 1. The summed E-state index contributed by atoms with van der Waals surface area (Å²) in [4.78, 5) is 18.1. The van der Waals surface area contributed by atoms with Crippen LogP contribution in [0.3, 0.4) is 0 Å². The van der Waals surface area contributed by atoms with Crippen molar-refractivity contribution in [3.63, 3.8) is 0 Å². The summed E-state index contributed by atoms with van der Waals surface area (Å²) in [6.07, 6.45) is 1.57. The number of benzene rings is 2. The summed E-state index contributed by atoms with van der Waals surface area (Å²) in [5.74, 6) is 0. The number of aromatic nitrogens is 2. The average molecular weight is 349 g/mol. The summed E-state index contributed by atoms with van der Waals surface area (Å²) in [5, 5.41) is 0.931. The predicted octanol–water partition coefficient (Wildman–Crippen LogP) is 4.14. The highest BCUT2D eigenvalue weighted by atomic mass is 35.5. The van der Waals surface area contributed by atoms with E-state index in [0.29, 0.717) is 16.6 Å². The van der Waals surface area contributed by atoms with Crippen LogP contribution < -0.4 is 5.43 Å². The maximum Gasteiger partial charge on any atom is 0.336 e. The molecule has 0 radical (unpaired) electrons. The second kappa shape index (κ2) is 6.48. The smallest absolute Gasteiger partial charge is 0.322 e. The number of imidazole rings is 1. The Balaban J connectivity index is 1.74. The van der Waals surface area contributed by atoms with Gasteiger partial charge in [0.15, 0.2) is 0 Å². The Kier molecular flexibility index (Phi) is 4.41. The van der Waals surface area contributed by atoms with Gasteiger partial charge in [-0.2, -0.15) is 0 Å². The van der Waals surface area contributed by atoms with Crippen LogP contribution in [0.15, 0.2) is 48.8 Å². The van der Waals surface area contributed by atoms with E-state index in [9.17, 15) is 4.79 Å². The number of nitrogens with one attached hydrogen (secondary N) is 1. The lowest BCUT2D eigenvalue weighted by Crippen LogP contribution is -2.35. The number of hydrogen-bond acceptors (Lipinski definition) is 2. The topological polar surface area (TPSA) is 50.2 Å². The van der Waals surface area contributed by atoms with Crippen LogP contribution in [0.4, 0.5) is 4.79 Å². The van der Waals surface area contributed by atoms with E-state index in [0.717, 1.165) is 16.6 Å². The van der Waals surface area contributed by atoms with Crippen LogP contribution in [-0.2, 0) is 6.54 Å². The van der Waals surface area contributed by atoms with Crippen molar-refractivity contribution < 1.29 is 4.79 Å². The highest BCUT2D eigenvalue weighted by Crippen LogP contribution is 2.26. The molecule has 0 saturated heterocycles. The fraction of sp³-hybridized carbons (Fsp3) is 0.125. The number of urea groups is 1. The van der Waals surface area contributed by atoms with Gasteiger partial charge in [0.1, 0.15) is 6.33 Å². The van der Waals surface area contributed by atoms with Gasteiger partial charge in [-0.3, -0.25) is 0 Å². The molecule has 0 saturated carbocycles. The molecule has 5 nitrogen and oxygen atoms in total. The van der Waals surface area contributed by atoms with Gasteiger partial charge in [0.05, 0.1) is 21.1 Å². The molecule has 7 heteroatoms. The highest BCUT2D eigenvalue weighted by molar-refractivity contribution is 6.42. The second-order valence-electron chi connectivity index (χ2n) is 5.09. The van der Waals surface area contributed by atoms with Gasteiger partial charge in [-0.1, -0.05) is 47.5 Å². The second-order valence-corrected chi connectivity index (χ2v) is 5.87. The molecule has 2 amide bonds. The van der Waals surface area contributed by atoms with E-state index in [-0.39, 0.29) is 6.03 Å². The molecule has 23 heavy (non-hydrogen) atoms. The van der Waals surface area contributed by atoms with E-state index in [1.54, 1.807) is 30.2 Å². The molecule has 2 aromatic carbocycles. The molecule has 1 heterocycles. The zero-order valence-electron chi connectivity index (χ0n) is 12.3.